The van der Waals surface area contributed by atoms with Crippen LogP contribution in [0.5, 0.6) is 0 Å². The molecule has 0 aromatic carbocycles. The monoisotopic (exact) mass is 280 g/mol. The van der Waals surface area contributed by atoms with Crippen molar-refractivity contribution >= 4 is 11.9 Å². The van der Waals surface area contributed by atoms with Gasteiger partial charge in [0.1, 0.15) is 0 Å². The fourth-order valence-corrected chi connectivity index (χ4v) is 2.36. The van der Waals surface area contributed by atoms with Crippen molar-refractivity contribution in [3.05, 3.63) is 0 Å². The SMILES string of the molecule is C#CCNC(CC(C)(C)C(=O)OCC)N1CCCC1=O. The van der Waals surface area contributed by atoms with E-state index < -0.39 is 5.41 Å². The quantitative estimate of drug-likeness (QED) is 0.561. The van der Waals surface area contributed by atoms with E-state index in [0.717, 1.165) is 6.42 Å². The summed E-state index contributed by atoms with van der Waals surface area (Å²) in [5, 5.41) is 3.16. The summed E-state index contributed by atoms with van der Waals surface area (Å²) < 4.78 is 5.09. The van der Waals surface area contributed by atoms with E-state index in [1.807, 2.05) is 13.8 Å². The molecular formula is C15H24N2O3. The van der Waals surface area contributed by atoms with Crippen LogP contribution in [0.4, 0.5) is 0 Å². The van der Waals surface area contributed by atoms with E-state index in [1.165, 1.54) is 0 Å². The summed E-state index contributed by atoms with van der Waals surface area (Å²) in [7, 11) is 0. The average Bonchev–Trinajstić information content (AvgIpc) is 2.81. The highest BCUT2D eigenvalue weighted by Gasteiger charge is 2.36. The zero-order valence-electron chi connectivity index (χ0n) is 12.6. The normalized spacial score (nSPS) is 16.9. The van der Waals surface area contributed by atoms with Gasteiger partial charge in [0, 0.05) is 13.0 Å². The van der Waals surface area contributed by atoms with Gasteiger partial charge >= 0.3 is 5.97 Å². The fraction of sp³-hybridized carbons (Fsp3) is 0.733. The van der Waals surface area contributed by atoms with Gasteiger partial charge in [0.15, 0.2) is 0 Å². The summed E-state index contributed by atoms with van der Waals surface area (Å²) in [6.45, 7) is 6.87. The lowest BCUT2D eigenvalue weighted by molar-refractivity contribution is -0.155. The van der Waals surface area contributed by atoms with Crippen LogP contribution in [0.1, 0.15) is 40.0 Å². The molecule has 0 aromatic heterocycles. The molecule has 1 aliphatic heterocycles. The summed E-state index contributed by atoms with van der Waals surface area (Å²) in [4.78, 5) is 25.6. The van der Waals surface area contributed by atoms with Crippen molar-refractivity contribution in [3.8, 4) is 12.3 Å². The van der Waals surface area contributed by atoms with E-state index >= 15 is 0 Å². The molecule has 1 N–H and O–H groups in total. The van der Waals surface area contributed by atoms with Gasteiger partial charge in [-0.25, -0.2) is 0 Å². The van der Waals surface area contributed by atoms with Crippen molar-refractivity contribution < 1.29 is 14.3 Å². The zero-order valence-corrected chi connectivity index (χ0v) is 12.6. The van der Waals surface area contributed by atoms with Crippen molar-refractivity contribution in [2.45, 2.75) is 46.2 Å². The minimum absolute atomic E-state index is 0.110. The molecule has 1 rings (SSSR count). The molecule has 1 fully saturated rings. The Kier molecular flexibility index (Phi) is 6.03. The maximum Gasteiger partial charge on any atom is 0.311 e. The maximum absolute atomic E-state index is 12.0. The Morgan fingerprint density at radius 1 is 1.60 bits per heavy atom. The zero-order chi connectivity index (χ0) is 15.2. The predicted molar refractivity (Wildman–Crippen MR) is 76.6 cm³/mol. The number of likely N-dealkylation sites (tertiary alicyclic amines) is 1. The van der Waals surface area contributed by atoms with Crippen LogP contribution in [-0.2, 0) is 14.3 Å². The molecule has 0 radical (unpaired) electrons. The second kappa shape index (κ2) is 7.30. The molecule has 1 unspecified atom stereocenters. The highest BCUT2D eigenvalue weighted by molar-refractivity contribution is 5.79. The van der Waals surface area contributed by atoms with Crippen LogP contribution >= 0.6 is 0 Å². The van der Waals surface area contributed by atoms with Crippen LogP contribution in [0.2, 0.25) is 0 Å². The van der Waals surface area contributed by atoms with Crippen molar-refractivity contribution in [2.24, 2.45) is 5.41 Å². The Balaban J connectivity index is 2.76. The third-order valence-corrected chi connectivity index (χ3v) is 3.46. The number of hydrogen-bond acceptors (Lipinski definition) is 4. The molecule has 112 valence electrons. The van der Waals surface area contributed by atoms with Gasteiger partial charge in [-0.2, -0.15) is 0 Å². The molecule has 0 bridgehead atoms. The third kappa shape index (κ3) is 4.24. The molecule has 1 heterocycles. The Labute approximate surface area is 121 Å². The van der Waals surface area contributed by atoms with Gasteiger partial charge < -0.3 is 9.64 Å². The van der Waals surface area contributed by atoms with E-state index in [2.05, 4.69) is 11.2 Å². The molecule has 1 aliphatic rings. The highest BCUT2D eigenvalue weighted by atomic mass is 16.5. The Hall–Kier alpha value is -1.54. The second-order valence-electron chi connectivity index (χ2n) is 5.60. The molecule has 0 saturated carbocycles. The predicted octanol–water partition coefficient (Wildman–Crippen LogP) is 1.14. The first kappa shape index (κ1) is 16.5. The minimum atomic E-state index is -0.662. The largest absolute Gasteiger partial charge is 0.466 e. The van der Waals surface area contributed by atoms with Gasteiger partial charge in [0.25, 0.3) is 0 Å². The molecule has 0 aliphatic carbocycles. The number of terminal acetylenes is 1. The first-order valence-corrected chi connectivity index (χ1v) is 7.06. The standard InChI is InChI=1S/C15H24N2O3/c1-5-9-16-12(17-10-7-8-13(17)18)11-15(3,4)14(19)20-6-2/h1,12,16H,6-11H2,2-4H3. The maximum atomic E-state index is 12.0. The molecule has 0 aromatic rings. The number of nitrogens with one attached hydrogen (secondary N) is 1. The van der Waals surface area contributed by atoms with Crippen LogP contribution in [-0.4, -0.2) is 42.6 Å². The third-order valence-electron chi connectivity index (χ3n) is 3.46. The van der Waals surface area contributed by atoms with E-state index in [1.54, 1.807) is 11.8 Å². The second-order valence-corrected chi connectivity index (χ2v) is 5.60. The first-order chi connectivity index (χ1) is 9.42. The Morgan fingerprint density at radius 3 is 2.80 bits per heavy atom. The lowest BCUT2D eigenvalue weighted by atomic mass is 9.87. The van der Waals surface area contributed by atoms with Gasteiger partial charge in [-0.15, -0.1) is 6.42 Å². The van der Waals surface area contributed by atoms with Crippen molar-refractivity contribution in [1.82, 2.24) is 10.2 Å². The van der Waals surface area contributed by atoms with E-state index in [0.29, 0.717) is 32.5 Å². The van der Waals surface area contributed by atoms with Crippen LogP contribution in [0.25, 0.3) is 0 Å². The Bertz CT molecular complexity index is 398. The summed E-state index contributed by atoms with van der Waals surface area (Å²) in [5.41, 5.74) is -0.662. The lowest BCUT2D eigenvalue weighted by Gasteiger charge is -2.34. The summed E-state index contributed by atoms with van der Waals surface area (Å²) in [5.74, 6) is 2.37. The number of ether oxygens (including phenoxy) is 1. The van der Waals surface area contributed by atoms with Crippen molar-refractivity contribution in [1.29, 1.82) is 0 Å². The first-order valence-electron chi connectivity index (χ1n) is 7.06. The summed E-state index contributed by atoms with van der Waals surface area (Å²) in [6.07, 6.45) is 6.96. The fourth-order valence-electron chi connectivity index (χ4n) is 2.36. The number of carbonyl (C=O) groups is 2. The highest BCUT2D eigenvalue weighted by Crippen LogP contribution is 2.27. The number of carbonyl (C=O) groups excluding carboxylic acids is 2. The van der Waals surface area contributed by atoms with Crippen molar-refractivity contribution in [3.63, 3.8) is 0 Å². The Morgan fingerprint density at radius 2 is 2.30 bits per heavy atom. The van der Waals surface area contributed by atoms with E-state index in [-0.39, 0.29) is 18.0 Å². The molecule has 5 nitrogen and oxygen atoms in total. The van der Waals surface area contributed by atoms with Crippen molar-refractivity contribution in [2.75, 3.05) is 19.7 Å². The summed E-state index contributed by atoms with van der Waals surface area (Å²) >= 11 is 0. The van der Waals surface area contributed by atoms with E-state index in [4.69, 9.17) is 11.2 Å². The number of nitrogens with zero attached hydrogens (tertiary/aromatic N) is 1. The lowest BCUT2D eigenvalue weighted by Crippen LogP contribution is -2.50. The van der Waals surface area contributed by atoms with Crippen LogP contribution in [0, 0.1) is 17.8 Å². The molecule has 0 spiro atoms. The molecule has 1 atom stereocenters. The molecular weight excluding hydrogens is 256 g/mol. The van der Waals surface area contributed by atoms with Gasteiger partial charge in [0.05, 0.1) is 24.7 Å². The smallest absolute Gasteiger partial charge is 0.311 e. The van der Waals surface area contributed by atoms with Gasteiger partial charge in [-0.3, -0.25) is 14.9 Å². The van der Waals surface area contributed by atoms with Gasteiger partial charge in [-0.1, -0.05) is 5.92 Å². The molecule has 5 heteroatoms. The van der Waals surface area contributed by atoms with Crippen LogP contribution < -0.4 is 5.32 Å². The molecule has 1 saturated heterocycles. The van der Waals surface area contributed by atoms with Gasteiger partial charge in [0.2, 0.25) is 5.91 Å². The van der Waals surface area contributed by atoms with Crippen LogP contribution in [0.15, 0.2) is 0 Å². The number of esters is 1. The topological polar surface area (TPSA) is 58.6 Å². The minimum Gasteiger partial charge on any atom is -0.466 e. The molecule has 20 heavy (non-hydrogen) atoms. The molecule has 1 amide bonds. The summed E-state index contributed by atoms with van der Waals surface area (Å²) in [6, 6.07) is 0. The van der Waals surface area contributed by atoms with Gasteiger partial charge in [-0.05, 0) is 33.6 Å². The van der Waals surface area contributed by atoms with E-state index in [9.17, 15) is 9.59 Å². The number of rotatable bonds is 7. The van der Waals surface area contributed by atoms with Crippen LogP contribution in [0.3, 0.4) is 0 Å². The average molecular weight is 280 g/mol. The number of hydrogen-bond donors (Lipinski definition) is 1. The number of amides is 1.